The van der Waals surface area contributed by atoms with Crippen LogP contribution in [0, 0.1) is 5.92 Å². The zero-order valence-corrected chi connectivity index (χ0v) is 21.5. The summed E-state index contributed by atoms with van der Waals surface area (Å²) in [5.41, 5.74) is 5.59. The third-order valence-corrected chi connectivity index (χ3v) is 7.79. The van der Waals surface area contributed by atoms with Gasteiger partial charge in [-0.3, -0.25) is 14.7 Å². The number of nitrogens with one attached hydrogen (secondary N) is 1. The van der Waals surface area contributed by atoms with E-state index in [0.29, 0.717) is 18.5 Å². The van der Waals surface area contributed by atoms with Crippen molar-refractivity contribution in [3.05, 3.63) is 64.3 Å². The zero-order valence-electron chi connectivity index (χ0n) is 21.5. The first-order valence-electron chi connectivity index (χ1n) is 13.3. The van der Waals surface area contributed by atoms with Crippen LogP contribution in [-0.4, -0.2) is 61.3 Å². The summed E-state index contributed by atoms with van der Waals surface area (Å²) in [7, 11) is 0. The highest BCUT2D eigenvalue weighted by molar-refractivity contribution is 6.18. The molecule has 1 N–H and O–H groups in total. The van der Waals surface area contributed by atoms with Gasteiger partial charge in [0.05, 0.1) is 38.0 Å². The van der Waals surface area contributed by atoms with E-state index < -0.39 is 0 Å². The van der Waals surface area contributed by atoms with Crippen molar-refractivity contribution in [3.8, 4) is 5.75 Å². The predicted octanol–water partition coefficient (Wildman–Crippen LogP) is 5.21. The van der Waals surface area contributed by atoms with Crippen LogP contribution in [-0.2, 0) is 24.1 Å². The van der Waals surface area contributed by atoms with Crippen LogP contribution in [0.3, 0.4) is 0 Å². The number of benzene rings is 2. The van der Waals surface area contributed by atoms with Crippen LogP contribution in [0.2, 0.25) is 0 Å². The summed E-state index contributed by atoms with van der Waals surface area (Å²) >= 11 is 0. The maximum atomic E-state index is 13.8. The summed E-state index contributed by atoms with van der Waals surface area (Å²) < 4.78 is 11.6. The van der Waals surface area contributed by atoms with E-state index in [9.17, 15) is 4.79 Å². The molecular weight excluding hydrogens is 450 g/mol. The van der Waals surface area contributed by atoms with E-state index in [2.05, 4.69) is 47.6 Å². The molecule has 0 aliphatic carbocycles. The van der Waals surface area contributed by atoms with Crippen LogP contribution in [0.25, 0.3) is 10.9 Å². The lowest BCUT2D eigenvalue weighted by Crippen LogP contribution is -2.52. The summed E-state index contributed by atoms with van der Waals surface area (Å²) in [6, 6.07) is 12.7. The van der Waals surface area contributed by atoms with Crippen LogP contribution in [0.4, 0.5) is 0 Å². The Hall–Kier alpha value is -2.96. The number of piperidine rings is 1. The molecule has 0 amide bonds. The molecule has 3 aromatic rings. The van der Waals surface area contributed by atoms with Crippen LogP contribution in [0.15, 0.2) is 41.4 Å². The second kappa shape index (κ2) is 11.0. The molecule has 2 aliphatic rings. The molecule has 0 unspecified atom stereocenters. The van der Waals surface area contributed by atoms with Gasteiger partial charge in [-0.25, -0.2) is 0 Å². The first-order chi connectivity index (χ1) is 17.6. The molecule has 0 saturated carbocycles. The van der Waals surface area contributed by atoms with Crippen LogP contribution in [0.5, 0.6) is 5.75 Å². The van der Waals surface area contributed by atoms with E-state index in [1.165, 1.54) is 12.8 Å². The monoisotopic (exact) mass is 487 g/mol. The molecule has 6 nitrogen and oxygen atoms in total. The summed E-state index contributed by atoms with van der Waals surface area (Å²) in [5, 5.41) is 0.965. The largest absolute Gasteiger partial charge is 0.493 e. The van der Waals surface area contributed by atoms with Gasteiger partial charge in [0.2, 0.25) is 0 Å². The Bertz CT molecular complexity index is 1240. The van der Waals surface area contributed by atoms with Crippen molar-refractivity contribution in [2.45, 2.75) is 52.1 Å². The number of ether oxygens (including phenoxy) is 2. The van der Waals surface area contributed by atoms with Gasteiger partial charge in [-0.1, -0.05) is 26.0 Å². The number of fused-ring (bicyclic) bond motifs is 1. The third-order valence-electron chi connectivity index (χ3n) is 7.79. The lowest BCUT2D eigenvalue weighted by Gasteiger charge is -2.41. The minimum absolute atomic E-state index is 0.0726. The molecule has 36 heavy (non-hydrogen) atoms. The van der Waals surface area contributed by atoms with Crippen molar-refractivity contribution in [2.24, 2.45) is 10.9 Å². The summed E-state index contributed by atoms with van der Waals surface area (Å²) in [5.74, 6) is 1.51. The molecule has 6 heteroatoms. The molecular formula is C30H37N3O3. The van der Waals surface area contributed by atoms with Crippen molar-refractivity contribution in [2.75, 3.05) is 32.9 Å². The fourth-order valence-electron chi connectivity index (χ4n) is 5.49. The number of nitrogens with zero attached hydrogens (tertiary/aromatic N) is 2. The number of carbonyl (C=O) groups excluding carboxylic acids is 1. The van der Waals surface area contributed by atoms with Gasteiger partial charge in [-0.2, -0.15) is 0 Å². The number of aryl methyl sites for hydroxylation is 2. The van der Waals surface area contributed by atoms with E-state index in [0.717, 1.165) is 90.4 Å². The van der Waals surface area contributed by atoms with Crippen molar-refractivity contribution >= 4 is 23.4 Å². The summed E-state index contributed by atoms with van der Waals surface area (Å²) in [6.45, 7) is 13.1. The van der Waals surface area contributed by atoms with Crippen molar-refractivity contribution in [1.29, 1.82) is 0 Å². The van der Waals surface area contributed by atoms with Gasteiger partial charge >= 0.3 is 0 Å². The van der Waals surface area contributed by atoms with E-state index in [1.54, 1.807) is 0 Å². The minimum atomic E-state index is 0.0726. The molecule has 0 atom stereocenters. The second-order valence-electron chi connectivity index (χ2n) is 10.1. The van der Waals surface area contributed by atoms with Gasteiger partial charge < -0.3 is 14.5 Å². The number of aliphatic imine (C=N–C) groups is 1. The van der Waals surface area contributed by atoms with Gasteiger partial charge in [0.15, 0.2) is 5.78 Å². The average molecular weight is 488 g/mol. The number of H-pyrrole nitrogens is 1. The SMILES string of the molecule is C=NCc1ccc2c(C(=O)c3ccc(OCC4CCN(C5COC5)CC4)cc3CC)c(CC)[nH]c2c1. The first kappa shape index (κ1) is 24.7. The van der Waals surface area contributed by atoms with Crippen molar-refractivity contribution in [1.82, 2.24) is 9.88 Å². The highest BCUT2D eigenvalue weighted by Crippen LogP contribution is 2.30. The molecule has 2 fully saturated rings. The maximum Gasteiger partial charge on any atom is 0.195 e. The molecule has 0 spiro atoms. The molecule has 2 aromatic carbocycles. The lowest BCUT2D eigenvalue weighted by atomic mass is 9.94. The number of hydrogen-bond acceptors (Lipinski definition) is 5. The molecule has 2 aliphatic heterocycles. The minimum Gasteiger partial charge on any atom is -0.493 e. The fraction of sp³-hybridized carbons (Fsp3) is 0.467. The molecule has 0 radical (unpaired) electrons. The van der Waals surface area contributed by atoms with Gasteiger partial charge in [0.1, 0.15) is 5.75 Å². The highest BCUT2D eigenvalue weighted by Gasteiger charge is 2.30. The van der Waals surface area contributed by atoms with Gasteiger partial charge in [-0.05, 0) is 86.8 Å². The number of aromatic nitrogens is 1. The Labute approximate surface area is 213 Å². The highest BCUT2D eigenvalue weighted by atomic mass is 16.5. The number of likely N-dealkylation sites (tertiary alicyclic amines) is 1. The first-order valence-corrected chi connectivity index (χ1v) is 13.3. The molecule has 2 saturated heterocycles. The quantitative estimate of drug-likeness (QED) is 0.315. The Morgan fingerprint density at radius 2 is 1.94 bits per heavy atom. The Balaban J connectivity index is 1.30. The summed E-state index contributed by atoms with van der Waals surface area (Å²) in [6.07, 6.45) is 3.87. The number of carbonyl (C=O) groups is 1. The Morgan fingerprint density at radius 1 is 1.14 bits per heavy atom. The Morgan fingerprint density at radius 3 is 2.61 bits per heavy atom. The van der Waals surface area contributed by atoms with Gasteiger partial charge in [0.25, 0.3) is 0 Å². The predicted molar refractivity (Wildman–Crippen MR) is 145 cm³/mol. The molecule has 3 heterocycles. The van der Waals surface area contributed by atoms with Crippen molar-refractivity contribution < 1.29 is 14.3 Å². The number of ketones is 1. The van der Waals surface area contributed by atoms with E-state index in [-0.39, 0.29) is 5.78 Å². The summed E-state index contributed by atoms with van der Waals surface area (Å²) in [4.78, 5) is 23.8. The van der Waals surface area contributed by atoms with E-state index in [1.807, 2.05) is 24.3 Å². The number of aromatic amines is 1. The zero-order chi connectivity index (χ0) is 25.1. The Kier molecular flexibility index (Phi) is 7.54. The fourth-order valence-corrected chi connectivity index (χ4v) is 5.49. The average Bonchev–Trinajstić information content (AvgIpc) is 3.25. The smallest absolute Gasteiger partial charge is 0.195 e. The number of hydrogen-bond donors (Lipinski definition) is 1. The van der Waals surface area contributed by atoms with Crippen LogP contribution in [0.1, 0.15) is 59.4 Å². The van der Waals surface area contributed by atoms with Crippen LogP contribution >= 0.6 is 0 Å². The van der Waals surface area contributed by atoms with Gasteiger partial charge in [-0.15, -0.1) is 0 Å². The van der Waals surface area contributed by atoms with E-state index in [4.69, 9.17) is 9.47 Å². The standard InChI is InChI=1S/C30H37N3O3/c1-4-22-15-24(36-17-20-10-12-33(13-11-20)23-18-35-19-23)7-9-25(22)30(34)29-26-8-6-21(16-31-3)14-28(26)32-27(29)5-2/h6-9,14-15,20,23,32H,3-5,10-13,16-19H2,1-2H3. The van der Waals surface area contributed by atoms with E-state index >= 15 is 0 Å². The lowest BCUT2D eigenvalue weighted by molar-refractivity contribution is -0.0750. The second-order valence-corrected chi connectivity index (χ2v) is 10.1. The third kappa shape index (κ3) is 4.97. The topological polar surface area (TPSA) is 66.9 Å². The normalized spacial score (nSPS) is 17.3. The van der Waals surface area contributed by atoms with Crippen molar-refractivity contribution in [3.63, 3.8) is 0 Å². The molecule has 0 bridgehead atoms. The van der Waals surface area contributed by atoms with Gasteiger partial charge in [0, 0.05) is 22.2 Å². The molecule has 5 rings (SSSR count). The maximum absolute atomic E-state index is 13.8. The molecule has 190 valence electrons. The molecule has 1 aromatic heterocycles. The van der Waals surface area contributed by atoms with Crippen LogP contribution < -0.4 is 4.74 Å². The number of rotatable bonds is 10.